The summed E-state index contributed by atoms with van der Waals surface area (Å²) in [6, 6.07) is 13.5. The molecule has 0 radical (unpaired) electrons. The predicted octanol–water partition coefficient (Wildman–Crippen LogP) is 3.14. The molecule has 0 saturated heterocycles. The van der Waals surface area contributed by atoms with Gasteiger partial charge in [0, 0.05) is 35.5 Å². The molecule has 0 aliphatic carbocycles. The summed E-state index contributed by atoms with van der Waals surface area (Å²) >= 11 is -2.23. The molecule has 0 N–H and O–H groups in total. The standard InChI is InChI=1S/C19H20N2O4S/c1-21(26(22)23)12-13-4-6-14(7-5-13)15-8-9-20-17-11-19(25-3)18(24-2)10-16(15)17/h4-11H,12H2,1-3H3,(H,22,23)/p-1. The van der Waals surface area contributed by atoms with Crippen LogP contribution in [0.4, 0.5) is 0 Å². The van der Waals surface area contributed by atoms with Crippen LogP contribution in [0.2, 0.25) is 0 Å². The van der Waals surface area contributed by atoms with Gasteiger partial charge in [0.25, 0.3) is 0 Å². The second-order valence-electron chi connectivity index (χ2n) is 5.78. The molecule has 7 heteroatoms. The summed E-state index contributed by atoms with van der Waals surface area (Å²) in [5, 5.41) is 0.954. The summed E-state index contributed by atoms with van der Waals surface area (Å²) < 4.78 is 33.9. The van der Waals surface area contributed by atoms with Crippen LogP contribution in [0.15, 0.2) is 48.7 Å². The molecule has 0 bridgehead atoms. The van der Waals surface area contributed by atoms with E-state index in [0.29, 0.717) is 18.0 Å². The van der Waals surface area contributed by atoms with Gasteiger partial charge in [0.2, 0.25) is 0 Å². The minimum absolute atomic E-state index is 0.332. The number of pyridine rings is 1. The van der Waals surface area contributed by atoms with Gasteiger partial charge < -0.3 is 14.0 Å². The molecule has 0 fully saturated rings. The van der Waals surface area contributed by atoms with Crippen LogP contribution in [0.1, 0.15) is 5.56 Å². The fourth-order valence-corrected chi connectivity index (χ4v) is 3.08. The SMILES string of the molecule is COc1cc2nccc(-c3ccc(CN(C)S(=O)[O-])cc3)c2cc1OC. The topological polar surface area (TPSA) is 74.7 Å². The summed E-state index contributed by atoms with van der Waals surface area (Å²) in [5.41, 5.74) is 3.76. The van der Waals surface area contributed by atoms with Gasteiger partial charge in [0.15, 0.2) is 11.5 Å². The first-order chi connectivity index (χ1) is 12.5. The quantitative estimate of drug-likeness (QED) is 0.622. The van der Waals surface area contributed by atoms with Crippen LogP contribution >= 0.6 is 0 Å². The van der Waals surface area contributed by atoms with Crippen LogP contribution in [-0.4, -0.2) is 39.3 Å². The zero-order chi connectivity index (χ0) is 18.7. The maximum Gasteiger partial charge on any atom is 0.162 e. The average molecular weight is 371 g/mol. The Labute approximate surface area is 154 Å². The lowest BCUT2D eigenvalue weighted by atomic mass is 10.00. The van der Waals surface area contributed by atoms with Crippen LogP contribution < -0.4 is 9.47 Å². The second-order valence-corrected chi connectivity index (χ2v) is 6.84. The van der Waals surface area contributed by atoms with Crippen LogP contribution in [0.3, 0.4) is 0 Å². The molecule has 0 aliphatic rings. The zero-order valence-electron chi connectivity index (χ0n) is 14.8. The van der Waals surface area contributed by atoms with Gasteiger partial charge in [-0.3, -0.25) is 9.19 Å². The number of methoxy groups -OCH3 is 2. The summed E-state index contributed by atoms with van der Waals surface area (Å²) in [7, 11) is 4.73. The molecule has 6 nitrogen and oxygen atoms in total. The Morgan fingerprint density at radius 2 is 1.73 bits per heavy atom. The van der Waals surface area contributed by atoms with Crippen molar-refractivity contribution < 1.29 is 18.2 Å². The number of hydrogen-bond acceptors (Lipinski definition) is 5. The molecule has 0 aliphatic heterocycles. The van der Waals surface area contributed by atoms with Gasteiger partial charge in [-0.05, 0) is 35.9 Å². The lowest BCUT2D eigenvalue weighted by molar-refractivity contribution is 0.356. The highest BCUT2D eigenvalue weighted by Gasteiger charge is 2.11. The van der Waals surface area contributed by atoms with Crippen LogP contribution in [0.5, 0.6) is 11.5 Å². The van der Waals surface area contributed by atoms with E-state index in [1.165, 1.54) is 11.4 Å². The summed E-state index contributed by atoms with van der Waals surface area (Å²) in [5.74, 6) is 1.28. The van der Waals surface area contributed by atoms with Gasteiger partial charge in [-0.25, -0.2) is 4.31 Å². The minimum Gasteiger partial charge on any atom is -0.760 e. The third-order valence-corrected chi connectivity index (χ3v) is 4.81. The molecule has 0 spiro atoms. The molecule has 1 unspecified atom stereocenters. The molecule has 3 aromatic rings. The molecule has 2 aromatic carbocycles. The van der Waals surface area contributed by atoms with Gasteiger partial charge in [0.1, 0.15) is 0 Å². The number of nitrogens with zero attached hydrogens (tertiary/aromatic N) is 2. The molecule has 0 amide bonds. The van der Waals surface area contributed by atoms with E-state index in [1.54, 1.807) is 20.4 Å². The highest BCUT2D eigenvalue weighted by molar-refractivity contribution is 7.76. The first kappa shape index (κ1) is 18.3. The van der Waals surface area contributed by atoms with E-state index in [0.717, 1.165) is 27.6 Å². The second kappa shape index (κ2) is 7.82. The van der Waals surface area contributed by atoms with E-state index >= 15 is 0 Å². The Balaban J connectivity index is 2.01. The summed E-state index contributed by atoms with van der Waals surface area (Å²) in [4.78, 5) is 4.42. The van der Waals surface area contributed by atoms with Gasteiger partial charge in [-0.15, -0.1) is 0 Å². The largest absolute Gasteiger partial charge is 0.760 e. The zero-order valence-corrected chi connectivity index (χ0v) is 15.6. The Morgan fingerprint density at radius 3 is 2.35 bits per heavy atom. The van der Waals surface area contributed by atoms with E-state index in [1.807, 2.05) is 42.5 Å². The molecule has 136 valence electrons. The van der Waals surface area contributed by atoms with Crippen molar-refractivity contribution in [2.45, 2.75) is 6.54 Å². The lowest BCUT2D eigenvalue weighted by Gasteiger charge is -2.19. The van der Waals surface area contributed by atoms with E-state index in [-0.39, 0.29) is 0 Å². The monoisotopic (exact) mass is 371 g/mol. The van der Waals surface area contributed by atoms with Crippen LogP contribution in [-0.2, 0) is 17.8 Å². The lowest BCUT2D eigenvalue weighted by Crippen LogP contribution is -2.19. The fourth-order valence-electron chi connectivity index (χ4n) is 2.82. The van der Waals surface area contributed by atoms with Crippen molar-refractivity contribution >= 4 is 22.2 Å². The number of rotatable bonds is 6. The van der Waals surface area contributed by atoms with Crippen molar-refractivity contribution in [2.24, 2.45) is 0 Å². The van der Waals surface area contributed by atoms with Crippen LogP contribution in [0.25, 0.3) is 22.0 Å². The van der Waals surface area contributed by atoms with E-state index < -0.39 is 11.3 Å². The number of fused-ring (bicyclic) bond motifs is 1. The maximum absolute atomic E-state index is 10.9. The van der Waals surface area contributed by atoms with Crippen molar-refractivity contribution in [1.29, 1.82) is 0 Å². The van der Waals surface area contributed by atoms with E-state index in [9.17, 15) is 8.76 Å². The maximum atomic E-state index is 10.9. The fraction of sp³-hybridized carbons (Fsp3) is 0.211. The molecule has 26 heavy (non-hydrogen) atoms. The number of hydrogen-bond donors (Lipinski definition) is 0. The Kier molecular flexibility index (Phi) is 5.51. The average Bonchev–Trinajstić information content (AvgIpc) is 2.66. The highest BCUT2D eigenvalue weighted by Crippen LogP contribution is 2.36. The Hall–Kier alpha value is -2.48. The third-order valence-electron chi connectivity index (χ3n) is 4.17. The number of aromatic nitrogens is 1. The van der Waals surface area contributed by atoms with E-state index in [2.05, 4.69) is 4.98 Å². The van der Waals surface area contributed by atoms with Gasteiger partial charge in [0.05, 0.1) is 19.7 Å². The van der Waals surface area contributed by atoms with Crippen molar-refractivity contribution in [1.82, 2.24) is 9.29 Å². The van der Waals surface area contributed by atoms with Gasteiger partial charge >= 0.3 is 0 Å². The van der Waals surface area contributed by atoms with Crippen LogP contribution in [0, 0.1) is 0 Å². The Bertz CT molecular complexity index is 944. The summed E-state index contributed by atoms with van der Waals surface area (Å²) in [6.45, 7) is 0.332. The van der Waals surface area contributed by atoms with Crippen molar-refractivity contribution in [3.05, 3.63) is 54.2 Å². The summed E-state index contributed by atoms with van der Waals surface area (Å²) in [6.07, 6.45) is 1.76. The number of benzene rings is 2. The molecule has 1 atom stereocenters. The van der Waals surface area contributed by atoms with E-state index in [4.69, 9.17) is 9.47 Å². The molecule has 0 saturated carbocycles. The first-order valence-electron chi connectivity index (χ1n) is 7.94. The predicted molar refractivity (Wildman–Crippen MR) is 101 cm³/mol. The van der Waals surface area contributed by atoms with Crippen molar-refractivity contribution in [2.75, 3.05) is 21.3 Å². The van der Waals surface area contributed by atoms with Gasteiger partial charge in [-0.2, -0.15) is 0 Å². The molecule has 1 heterocycles. The normalized spacial score (nSPS) is 12.3. The third kappa shape index (κ3) is 3.70. The highest BCUT2D eigenvalue weighted by atomic mass is 32.2. The minimum atomic E-state index is -2.23. The molecular weight excluding hydrogens is 352 g/mol. The van der Waals surface area contributed by atoms with Crippen molar-refractivity contribution in [3.63, 3.8) is 0 Å². The Morgan fingerprint density at radius 1 is 1.08 bits per heavy atom. The molecule has 1 aromatic heterocycles. The first-order valence-corrected chi connectivity index (χ1v) is 8.97. The molecule has 3 rings (SSSR count). The van der Waals surface area contributed by atoms with Gasteiger partial charge in [-0.1, -0.05) is 24.3 Å². The van der Waals surface area contributed by atoms with Crippen molar-refractivity contribution in [3.8, 4) is 22.6 Å². The smallest absolute Gasteiger partial charge is 0.162 e. The molecular formula is C19H19N2O4S-. The number of ether oxygens (including phenoxy) is 2.